The van der Waals surface area contributed by atoms with Gasteiger partial charge in [-0.3, -0.25) is 4.99 Å². The Morgan fingerprint density at radius 1 is 1.13 bits per heavy atom. The standard InChI is InChI=1S/C14H27N/c1-5-7-9-11-14(10-8-6-2)13(3)12-15-4/h12,14H,4-11H2,1-3H3. The van der Waals surface area contributed by atoms with E-state index in [4.69, 9.17) is 0 Å². The van der Waals surface area contributed by atoms with Gasteiger partial charge in [0.15, 0.2) is 0 Å². The summed E-state index contributed by atoms with van der Waals surface area (Å²) >= 11 is 0. The number of rotatable bonds is 9. The molecule has 0 aromatic heterocycles. The van der Waals surface area contributed by atoms with Crippen molar-refractivity contribution in [1.29, 1.82) is 0 Å². The molecule has 0 fully saturated rings. The SMILES string of the molecule is C=NC=C(C)C(CCCC)CCCCC. The summed E-state index contributed by atoms with van der Waals surface area (Å²) in [5.41, 5.74) is 1.41. The molecule has 0 aliphatic carbocycles. The van der Waals surface area contributed by atoms with Gasteiger partial charge < -0.3 is 0 Å². The van der Waals surface area contributed by atoms with Crippen molar-refractivity contribution in [1.82, 2.24) is 0 Å². The molecule has 0 aliphatic heterocycles. The van der Waals surface area contributed by atoms with Crippen LogP contribution in [-0.4, -0.2) is 6.72 Å². The molecule has 1 unspecified atom stereocenters. The van der Waals surface area contributed by atoms with E-state index in [0.29, 0.717) is 0 Å². The highest BCUT2D eigenvalue weighted by Crippen LogP contribution is 2.24. The van der Waals surface area contributed by atoms with Crippen LogP contribution in [-0.2, 0) is 0 Å². The zero-order chi connectivity index (χ0) is 11.5. The first-order chi connectivity index (χ1) is 7.26. The van der Waals surface area contributed by atoms with E-state index in [1.165, 1.54) is 50.5 Å². The van der Waals surface area contributed by atoms with Crippen molar-refractivity contribution in [3.05, 3.63) is 11.8 Å². The third-order valence-corrected chi connectivity index (χ3v) is 3.00. The Hall–Kier alpha value is -0.590. The predicted molar refractivity (Wildman–Crippen MR) is 70.5 cm³/mol. The normalized spacial score (nSPS) is 13.9. The fourth-order valence-electron chi connectivity index (χ4n) is 1.94. The van der Waals surface area contributed by atoms with Crippen LogP contribution >= 0.6 is 0 Å². The molecule has 88 valence electrons. The number of hydrogen-bond donors (Lipinski definition) is 0. The molecule has 0 aliphatic rings. The van der Waals surface area contributed by atoms with Gasteiger partial charge >= 0.3 is 0 Å². The zero-order valence-electron chi connectivity index (χ0n) is 10.8. The molecule has 1 atom stereocenters. The summed E-state index contributed by atoms with van der Waals surface area (Å²) in [7, 11) is 0. The predicted octanol–water partition coefficient (Wildman–Crippen LogP) is 4.98. The van der Waals surface area contributed by atoms with Crippen molar-refractivity contribution in [2.75, 3.05) is 0 Å². The first kappa shape index (κ1) is 14.4. The maximum Gasteiger partial charge on any atom is 0.0252 e. The van der Waals surface area contributed by atoms with Gasteiger partial charge in [-0.15, -0.1) is 0 Å². The van der Waals surface area contributed by atoms with E-state index >= 15 is 0 Å². The number of allylic oxidation sites excluding steroid dienone is 1. The molecule has 0 heterocycles. The molecule has 0 bridgehead atoms. The molecule has 0 amide bonds. The van der Waals surface area contributed by atoms with Crippen molar-refractivity contribution in [3.8, 4) is 0 Å². The van der Waals surface area contributed by atoms with Crippen LogP contribution in [0.2, 0.25) is 0 Å². The molecule has 0 rings (SSSR count). The molecule has 0 aromatic rings. The highest BCUT2D eigenvalue weighted by atomic mass is 14.6. The van der Waals surface area contributed by atoms with E-state index < -0.39 is 0 Å². The quantitative estimate of drug-likeness (QED) is 0.375. The summed E-state index contributed by atoms with van der Waals surface area (Å²) < 4.78 is 0. The van der Waals surface area contributed by atoms with E-state index in [-0.39, 0.29) is 0 Å². The van der Waals surface area contributed by atoms with Crippen LogP contribution in [0.3, 0.4) is 0 Å². The van der Waals surface area contributed by atoms with Crippen molar-refractivity contribution in [3.63, 3.8) is 0 Å². The summed E-state index contributed by atoms with van der Waals surface area (Å²) in [6.07, 6.45) is 11.2. The van der Waals surface area contributed by atoms with E-state index in [9.17, 15) is 0 Å². The second kappa shape index (κ2) is 9.95. The molecular weight excluding hydrogens is 182 g/mol. The van der Waals surface area contributed by atoms with E-state index in [1.807, 2.05) is 6.20 Å². The van der Waals surface area contributed by atoms with E-state index in [1.54, 1.807) is 0 Å². The third kappa shape index (κ3) is 7.35. The van der Waals surface area contributed by atoms with Crippen molar-refractivity contribution >= 4 is 6.72 Å². The maximum atomic E-state index is 3.88. The largest absolute Gasteiger partial charge is 0.273 e. The molecule has 0 N–H and O–H groups in total. The Balaban J connectivity index is 4.04. The average molecular weight is 209 g/mol. The molecule has 1 nitrogen and oxygen atoms in total. The van der Waals surface area contributed by atoms with Crippen molar-refractivity contribution in [2.24, 2.45) is 10.9 Å². The zero-order valence-corrected chi connectivity index (χ0v) is 10.8. The Morgan fingerprint density at radius 2 is 1.73 bits per heavy atom. The minimum atomic E-state index is 0.738. The van der Waals surface area contributed by atoms with Gasteiger partial charge in [-0.05, 0) is 32.4 Å². The Bertz CT molecular complexity index is 182. The second-order valence-electron chi connectivity index (χ2n) is 4.39. The number of hydrogen-bond acceptors (Lipinski definition) is 1. The van der Waals surface area contributed by atoms with Gasteiger partial charge in [-0.2, -0.15) is 0 Å². The Morgan fingerprint density at radius 3 is 2.27 bits per heavy atom. The average Bonchev–Trinajstić information content (AvgIpc) is 2.23. The van der Waals surface area contributed by atoms with Gasteiger partial charge in [-0.1, -0.05) is 51.5 Å². The summed E-state index contributed by atoms with van der Waals surface area (Å²) in [6.45, 7) is 10.2. The number of unbranched alkanes of at least 4 members (excludes halogenated alkanes) is 3. The Labute approximate surface area is 95.7 Å². The fraction of sp³-hybridized carbons (Fsp3) is 0.786. The molecule has 0 spiro atoms. The molecule has 1 heteroatoms. The van der Waals surface area contributed by atoms with E-state index in [0.717, 1.165) is 5.92 Å². The highest BCUT2D eigenvalue weighted by Gasteiger charge is 2.09. The first-order valence-electron chi connectivity index (χ1n) is 6.38. The lowest BCUT2D eigenvalue weighted by molar-refractivity contribution is 0.467. The summed E-state index contributed by atoms with van der Waals surface area (Å²) in [5, 5.41) is 0. The summed E-state index contributed by atoms with van der Waals surface area (Å²) in [4.78, 5) is 3.88. The molecule has 0 aromatic carbocycles. The monoisotopic (exact) mass is 209 g/mol. The van der Waals surface area contributed by atoms with Gasteiger partial charge in [0.1, 0.15) is 0 Å². The van der Waals surface area contributed by atoms with Crippen LogP contribution < -0.4 is 0 Å². The topological polar surface area (TPSA) is 12.4 Å². The van der Waals surface area contributed by atoms with Crippen molar-refractivity contribution in [2.45, 2.75) is 65.7 Å². The molecular formula is C14H27N. The summed E-state index contributed by atoms with van der Waals surface area (Å²) in [5.74, 6) is 0.738. The minimum absolute atomic E-state index is 0.738. The van der Waals surface area contributed by atoms with Crippen molar-refractivity contribution < 1.29 is 0 Å². The van der Waals surface area contributed by atoms with Gasteiger partial charge in [0.25, 0.3) is 0 Å². The minimum Gasteiger partial charge on any atom is -0.273 e. The van der Waals surface area contributed by atoms with Gasteiger partial charge in [-0.25, -0.2) is 0 Å². The molecule has 0 radical (unpaired) electrons. The second-order valence-corrected chi connectivity index (χ2v) is 4.39. The summed E-state index contributed by atoms with van der Waals surface area (Å²) in [6, 6.07) is 0. The fourth-order valence-corrected chi connectivity index (χ4v) is 1.94. The molecule has 15 heavy (non-hydrogen) atoms. The van der Waals surface area contributed by atoms with Crippen LogP contribution in [0.25, 0.3) is 0 Å². The van der Waals surface area contributed by atoms with Crippen LogP contribution in [0, 0.1) is 5.92 Å². The van der Waals surface area contributed by atoms with Gasteiger partial charge in [0, 0.05) is 6.20 Å². The highest BCUT2D eigenvalue weighted by molar-refractivity contribution is 5.26. The van der Waals surface area contributed by atoms with Crippen LogP contribution in [0.1, 0.15) is 65.7 Å². The first-order valence-corrected chi connectivity index (χ1v) is 6.38. The van der Waals surface area contributed by atoms with Crippen LogP contribution in [0.5, 0.6) is 0 Å². The third-order valence-electron chi connectivity index (χ3n) is 3.00. The molecule has 0 saturated carbocycles. The van der Waals surface area contributed by atoms with Crippen LogP contribution in [0.15, 0.2) is 16.8 Å². The Kier molecular flexibility index (Phi) is 9.55. The lowest BCUT2D eigenvalue weighted by Gasteiger charge is -2.16. The van der Waals surface area contributed by atoms with E-state index in [2.05, 4.69) is 32.5 Å². The van der Waals surface area contributed by atoms with Crippen LogP contribution in [0.4, 0.5) is 0 Å². The maximum absolute atomic E-state index is 3.88. The molecule has 0 saturated heterocycles. The van der Waals surface area contributed by atoms with Gasteiger partial charge in [0.05, 0.1) is 0 Å². The lowest BCUT2D eigenvalue weighted by Crippen LogP contribution is -2.02. The lowest BCUT2D eigenvalue weighted by atomic mass is 9.90. The smallest absolute Gasteiger partial charge is 0.0252 e. The van der Waals surface area contributed by atoms with Gasteiger partial charge in [0.2, 0.25) is 0 Å². The number of aliphatic imine (C=N–C) groups is 1. The number of nitrogens with zero attached hydrogens (tertiary/aromatic N) is 1.